The van der Waals surface area contributed by atoms with E-state index in [1.807, 2.05) is 28.9 Å². The maximum atomic E-state index is 13.7. The summed E-state index contributed by atoms with van der Waals surface area (Å²) in [5.74, 6) is 0.660. The molecule has 1 aliphatic rings. The van der Waals surface area contributed by atoms with Crippen LogP contribution in [0.2, 0.25) is 0 Å². The normalized spacial score (nSPS) is 16.3. The van der Waals surface area contributed by atoms with Crippen molar-refractivity contribution in [1.82, 2.24) is 30.1 Å². The van der Waals surface area contributed by atoms with Crippen LogP contribution < -0.4 is 5.56 Å². The molecule has 2 aromatic carbocycles. The Kier molecular flexibility index (Phi) is 7.62. The van der Waals surface area contributed by atoms with Gasteiger partial charge in [0.2, 0.25) is 0 Å². The number of thiophene rings is 1. The van der Waals surface area contributed by atoms with Gasteiger partial charge in [0.1, 0.15) is 6.04 Å². The molecule has 4 heterocycles. The first-order chi connectivity index (χ1) is 19.1. The standard InChI is InChI=1S/C30H32N6O2S/c1-21-11-12-27-23(17-21)18-26(30(37)31-27)28(29-32-33-34-36(29)19-24-9-5-15-38-24)35(20-25-10-6-16-39-25)14-13-22-7-3-2-4-8-22/h2-4,6-8,10-12,16-18,24,28H,5,9,13-15,19-20H2,1H3,(H,31,37)/t24-,28+/m1/s1. The summed E-state index contributed by atoms with van der Waals surface area (Å²) in [5.41, 5.74) is 3.72. The van der Waals surface area contributed by atoms with E-state index in [4.69, 9.17) is 4.74 Å². The van der Waals surface area contributed by atoms with Crippen molar-refractivity contribution < 1.29 is 4.74 Å². The number of tetrazole rings is 1. The van der Waals surface area contributed by atoms with Gasteiger partial charge in [0.15, 0.2) is 5.82 Å². The predicted octanol–water partition coefficient (Wildman–Crippen LogP) is 4.90. The van der Waals surface area contributed by atoms with Crippen molar-refractivity contribution in [3.8, 4) is 0 Å². The molecule has 0 amide bonds. The third kappa shape index (κ3) is 5.85. The zero-order valence-electron chi connectivity index (χ0n) is 22.0. The van der Waals surface area contributed by atoms with Crippen LogP contribution in [0.1, 0.15) is 46.3 Å². The van der Waals surface area contributed by atoms with Gasteiger partial charge in [0.05, 0.1) is 12.6 Å². The highest BCUT2D eigenvalue weighted by Crippen LogP contribution is 2.30. The van der Waals surface area contributed by atoms with Crippen LogP contribution in [0, 0.1) is 6.92 Å². The molecular formula is C30H32N6O2S. The number of hydrogen-bond acceptors (Lipinski definition) is 7. The summed E-state index contributed by atoms with van der Waals surface area (Å²) in [7, 11) is 0. The lowest BCUT2D eigenvalue weighted by Crippen LogP contribution is -2.36. The number of H-pyrrole nitrogens is 1. The zero-order chi connectivity index (χ0) is 26.6. The third-order valence-electron chi connectivity index (χ3n) is 7.36. The van der Waals surface area contributed by atoms with Crippen molar-refractivity contribution in [3.05, 3.63) is 110 Å². The molecule has 5 aromatic rings. The zero-order valence-corrected chi connectivity index (χ0v) is 22.8. The highest BCUT2D eigenvalue weighted by atomic mass is 32.1. The molecule has 6 rings (SSSR count). The quantitative estimate of drug-likeness (QED) is 0.271. The number of benzene rings is 2. The van der Waals surface area contributed by atoms with Crippen molar-refractivity contribution in [1.29, 1.82) is 0 Å². The number of fused-ring (bicyclic) bond motifs is 1. The number of rotatable bonds is 10. The van der Waals surface area contributed by atoms with Gasteiger partial charge in [-0.3, -0.25) is 9.69 Å². The van der Waals surface area contributed by atoms with Crippen molar-refractivity contribution in [2.75, 3.05) is 13.2 Å². The van der Waals surface area contributed by atoms with Gasteiger partial charge in [-0.1, -0.05) is 48.0 Å². The van der Waals surface area contributed by atoms with Gasteiger partial charge in [-0.25, -0.2) is 4.68 Å². The lowest BCUT2D eigenvalue weighted by Gasteiger charge is -2.31. The van der Waals surface area contributed by atoms with E-state index < -0.39 is 6.04 Å². The number of aromatic nitrogens is 5. The monoisotopic (exact) mass is 540 g/mol. The first-order valence-electron chi connectivity index (χ1n) is 13.5. The lowest BCUT2D eigenvalue weighted by atomic mass is 10.0. The van der Waals surface area contributed by atoms with Crippen molar-refractivity contribution >= 4 is 22.2 Å². The molecule has 0 bridgehead atoms. The third-order valence-corrected chi connectivity index (χ3v) is 8.22. The highest BCUT2D eigenvalue weighted by molar-refractivity contribution is 7.09. The number of ether oxygens (including phenoxy) is 1. The molecule has 1 saturated heterocycles. The maximum absolute atomic E-state index is 13.7. The summed E-state index contributed by atoms with van der Waals surface area (Å²) < 4.78 is 7.75. The molecule has 0 spiro atoms. The van der Waals surface area contributed by atoms with Crippen molar-refractivity contribution in [3.63, 3.8) is 0 Å². The molecule has 0 aliphatic carbocycles. The Bertz CT molecular complexity index is 1570. The minimum absolute atomic E-state index is 0.0699. The second kappa shape index (κ2) is 11.6. The summed E-state index contributed by atoms with van der Waals surface area (Å²) in [6.07, 6.45) is 2.92. The molecule has 3 aromatic heterocycles. The highest BCUT2D eigenvalue weighted by Gasteiger charge is 2.32. The number of nitrogens with zero attached hydrogens (tertiary/aromatic N) is 5. The van der Waals surface area contributed by atoms with Crippen molar-refractivity contribution in [2.24, 2.45) is 0 Å². The van der Waals surface area contributed by atoms with E-state index in [0.717, 1.165) is 48.9 Å². The molecule has 0 radical (unpaired) electrons. The van der Waals surface area contributed by atoms with Gasteiger partial charge in [-0.05, 0) is 77.2 Å². The van der Waals surface area contributed by atoms with E-state index in [9.17, 15) is 4.79 Å². The van der Waals surface area contributed by atoms with Gasteiger partial charge in [-0.2, -0.15) is 0 Å². The number of nitrogens with one attached hydrogen (secondary N) is 1. The van der Waals surface area contributed by atoms with Crippen LogP contribution >= 0.6 is 11.3 Å². The molecule has 200 valence electrons. The smallest absolute Gasteiger partial charge is 0.253 e. The Labute approximate surface area is 231 Å². The maximum Gasteiger partial charge on any atom is 0.253 e. The fourth-order valence-electron chi connectivity index (χ4n) is 5.38. The van der Waals surface area contributed by atoms with Crippen LogP contribution in [0.25, 0.3) is 10.9 Å². The molecule has 8 nitrogen and oxygen atoms in total. The summed E-state index contributed by atoms with van der Waals surface area (Å²) in [4.78, 5) is 20.4. The van der Waals surface area contributed by atoms with Crippen LogP contribution in [-0.2, 0) is 24.2 Å². The van der Waals surface area contributed by atoms with E-state index in [1.54, 1.807) is 11.3 Å². The second-order valence-electron chi connectivity index (χ2n) is 10.2. The SMILES string of the molecule is Cc1ccc2[nH]c(=O)c([C@@H](c3nnnn3C[C@H]3CCCO3)N(CCc3ccccc3)Cc3cccs3)cc2c1. The van der Waals surface area contributed by atoms with E-state index in [2.05, 4.69) is 80.2 Å². The fraction of sp³-hybridized carbons (Fsp3) is 0.333. The second-order valence-corrected chi connectivity index (χ2v) is 11.2. The molecular weight excluding hydrogens is 508 g/mol. The van der Waals surface area contributed by atoms with E-state index in [0.29, 0.717) is 24.5 Å². The van der Waals surface area contributed by atoms with E-state index >= 15 is 0 Å². The van der Waals surface area contributed by atoms with Gasteiger partial charge in [0, 0.05) is 35.7 Å². The molecule has 2 atom stereocenters. The molecule has 1 fully saturated rings. The summed E-state index contributed by atoms with van der Waals surface area (Å²) in [6.45, 7) is 4.79. The molecule has 1 N–H and O–H groups in total. The average Bonchev–Trinajstić information content (AvgIpc) is 3.73. The van der Waals surface area contributed by atoms with Gasteiger partial charge >= 0.3 is 0 Å². The number of aryl methyl sites for hydroxylation is 1. The Morgan fingerprint density at radius 3 is 2.85 bits per heavy atom. The van der Waals surface area contributed by atoms with Crippen LogP contribution in [0.15, 0.2) is 76.9 Å². The minimum Gasteiger partial charge on any atom is -0.376 e. The topological polar surface area (TPSA) is 88.9 Å². The summed E-state index contributed by atoms with van der Waals surface area (Å²) >= 11 is 1.72. The molecule has 39 heavy (non-hydrogen) atoms. The number of aromatic amines is 1. The lowest BCUT2D eigenvalue weighted by molar-refractivity contribution is 0.0906. The minimum atomic E-state index is -0.444. The number of pyridine rings is 1. The van der Waals surface area contributed by atoms with Crippen LogP contribution in [0.4, 0.5) is 0 Å². The summed E-state index contributed by atoms with van der Waals surface area (Å²) in [5, 5.41) is 16.1. The van der Waals surface area contributed by atoms with E-state index in [-0.39, 0.29) is 11.7 Å². The fourth-order valence-corrected chi connectivity index (χ4v) is 6.11. The molecule has 0 unspecified atom stereocenters. The van der Waals surface area contributed by atoms with Gasteiger partial charge in [-0.15, -0.1) is 16.4 Å². The van der Waals surface area contributed by atoms with Crippen LogP contribution in [0.5, 0.6) is 0 Å². The molecule has 0 saturated carbocycles. The van der Waals surface area contributed by atoms with E-state index in [1.165, 1.54) is 10.4 Å². The average molecular weight is 541 g/mol. The Morgan fingerprint density at radius 1 is 1.15 bits per heavy atom. The largest absolute Gasteiger partial charge is 0.376 e. The van der Waals surface area contributed by atoms with Gasteiger partial charge in [0.25, 0.3) is 5.56 Å². The summed E-state index contributed by atoms with van der Waals surface area (Å²) in [6, 6.07) is 22.3. The Balaban J connectivity index is 1.46. The molecule has 9 heteroatoms. The first-order valence-corrected chi connectivity index (χ1v) is 14.3. The van der Waals surface area contributed by atoms with Crippen molar-refractivity contribution in [2.45, 2.75) is 51.4 Å². The predicted molar refractivity (Wildman–Crippen MR) is 153 cm³/mol. The molecule has 1 aliphatic heterocycles. The first kappa shape index (κ1) is 25.6. The Hall–Kier alpha value is -3.66. The Morgan fingerprint density at radius 2 is 2.05 bits per heavy atom. The number of hydrogen-bond donors (Lipinski definition) is 1. The van der Waals surface area contributed by atoms with Crippen LogP contribution in [-0.4, -0.2) is 49.3 Å². The van der Waals surface area contributed by atoms with Gasteiger partial charge < -0.3 is 9.72 Å². The van der Waals surface area contributed by atoms with Crippen LogP contribution in [0.3, 0.4) is 0 Å².